The summed E-state index contributed by atoms with van der Waals surface area (Å²) < 4.78 is 0. The molecular formula is C17H23N3O3. The van der Waals surface area contributed by atoms with Gasteiger partial charge in [-0.05, 0) is 50.7 Å². The summed E-state index contributed by atoms with van der Waals surface area (Å²) in [5.74, 6) is 0.533. The average Bonchev–Trinajstić information content (AvgIpc) is 3.37. The van der Waals surface area contributed by atoms with Gasteiger partial charge in [-0.15, -0.1) is 0 Å². The number of anilines is 1. The van der Waals surface area contributed by atoms with Crippen LogP contribution in [-0.2, 0) is 4.79 Å². The highest BCUT2D eigenvalue weighted by molar-refractivity contribution is 5.93. The number of rotatable bonds is 5. The molecule has 0 unspecified atom stereocenters. The monoisotopic (exact) mass is 317 g/mol. The van der Waals surface area contributed by atoms with Crippen LogP contribution in [0.3, 0.4) is 0 Å². The Labute approximate surface area is 135 Å². The SMILES string of the molecule is Cc1ccc(C(=O)O)c(NCC2CCN(C(=O)C3CC3)CC2)n1. The van der Waals surface area contributed by atoms with Crippen molar-refractivity contribution in [3.63, 3.8) is 0 Å². The number of aromatic carboxylic acids is 1. The molecule has 1 saturated carbocycles. The zero-order valence-electron chi connectivity index (χ0n) is 13.4. The molecule has 0 atom stereocenters. The minimum atomic E-state index is -0.968. The summed E-state index contributed by atoms with van der Waals surface area (Å²) in [5.41, 5.74) is 0.999. The van der Waals surface area contributed by atoms with E-state index in [-0.39, 0.29) is 5.56 Å². The number of nitrogens with one attached hydrogen (secondary N) is 1. The van der Waals surface area contributed by atoms with Crippen molar-refractivity contribution in [2.45, 2.75) is 32.6 Å². The zero-order valence-corrected chi connectivity index (χ0v) is 13.4. The Morgan fingerprint density at radius 1 is 1.26 bits per heavy atom. The van der Waals surface area contributed by atoms with E-state index >= 15 is 0 Å². The van der Waals surface area contributed by atoms with E-state index in [0.29, 0.717) is 30.1 Å². The van der Waals surface area contributed by atoms with Crippen LogP contribution < -0.4 is 5.32 Å². The van der Waals surface area contributed by atoms with Gasteiger partial charge in [-0.25, -0.2) is 9.78 Å². The van der Waals surface area contributed by atoms with Crippen LogP contribution in [0.5, 0.6) is 0 Å². The maximum atomic E-state index is 12.0. The van der Waals surface area contributed by atoms with Crippen molar-refractivity contribution in [1.82, 2.24) is 9.88 Å². The lowest BCUT2D eigenvalue weighted by Crippen LogP contribution is -2.40. The Kier molecular flexibility index (Phi) is 4.50. The summed E-state index contributed by atoms with van der Waals surface area (Å²) in [5, 5.41) is 12.4. The van der Waals surface area contributed by atoms with Crippen LogP contribution in [0.1, 0.15) is 41.7 Å². The first kappa shape index (κ1) is 15.8. The fourth-order valence-electron chi connectivity index (χ4n) is 3.05. The van der Waals surface area contributed by atoms with Gasteiger partial charge in [0, 0.05) is 31.2 Å². The number of hydrogen-bond acceptors (Lipinski definition) is 4. The van der Waals surface area contributed by atoms with Crippen LogP contribution in [0, 0.1) is 18.8 Å². The zero-order chi connectivity index (χ0) is 16.4. The van der Waals surface area contributed by atoms with Gasteiger partial charge in [-0.1, -0.05) is 0 Å². The molecule has 1 aliphatic carbocycles. The molecule has 2 aliphatic rings. The van der Waals surface area contributed by atoms with Crippen LogP contribution in [-0.4, -0.2) is 46.5 Å². The van der Waals surface area contributed by atoms with Crippen molar-refractivity contribution < 1.29 is 14.7 Å². The second-order valence-electron chi connectivity index (χ2n) is 6.58. The molecule has 1 aliphatic heterocycles. The van der Waals surface area contributed by atoms with E-state index in [1.807, 2.05) is 11.8 Å². The molecule has 2 N–H and O–H groups in total. The van der Waals surface area contributed by atoms with Crippen molar-refractivity contribution in [2.24, 2.45) is 11.8 Å². The lowest BCUT2D eigenvalue weighted by Gasteiger charge is -2.32. The van der Waals surface area contributed by atoms with Gasteiger partial charge in [-0.3, -0.25) is 4.79 Å². The maximum Gasteiger partial charge on any atom is 0.339 e. The third-order valence-corrected chi connectivity index (χ3v) is 4.68. The molecule has 0 aromatic carbocycles. The summed E-state index contributed by atoms with van der Waals surface area (Å²) in [6, 6.07) is 3.29. The highest BCUT2D eigenvalue weighted by Crippen LogP contribution is 2.32. The second-order valence-corrected chi connectivity index (χ2v) is 6.58. The van der Waals surface area contributed by atoms with Crippen LogP contribution in [0.25, 0.3) is 0 Å². The normalized spacial score (nSPS) is 18.7. The maximum absolute atomic E-state index is 12.0. The molecule has 3 rings (SSSR count). The van der Waals surface area contributed by atoms with Gasteiger partial charge in [0.15, 0.2) is 0 Å². The Hall–Kier alpha value is -2.11. The Morgan fingerprint density at radius 3 is 2.57 bits per heavy atom. The standard InChI is InChI=1S/C17H23N3O3/c1-11-2-5-14(17(22)23)15(19-11)18-10-12-6-8-20(9-7-12)16(21)13-3-4-13/h2,5,12-13H,3-4,6-10H2,1H3,(H,18,19)(H,22,23). The molecule has 1 aromatic heterocycles. The summed E-state index contributed by atoms with van der Waals surface area (Å²) >= 11 is 0. The molecule has 2 fully saturated rings. The Balaban J connectivity index is 1.52. The molecule has 1 aromatic rings. The van der Waals surface area contributed by atoms with Crippen molar-refractivity contribution >= 4 is 17.7 Å². The Bertz CT molecular complexity index is 605. The molecule has 2 heterocycles. The van der Waals surface area contributed by atoms with E-state index < -0.39 is 5.97 Å². The lowest BCUT2D eigenvalue weighted by molar-refractivity contribution is -0.133. The molecule has 6 nitrogen and oxygen atoms in total. The van der Waals surface area contributed by atoms with Gasteiger partial charge in [-0.2, -0.15) is 0 Å². The highest BCUT2D eigenvalue weighted by atomic mass is 16.4. The van der Waals surface area contributed by atoms with Crippen LogP contribution in [0.4, 0.5) is 5.82 Å². The quantitative estimate of drug-likeness (QED) is 0.869. The van der Waals surface area contributed by atoms with E-state index in [0.717, 1.165) is 44.5 Å². The summed E-state index contributed by atoms with van der Waals surface area (Å²) in [6.45, 7) is 4.17. The van der Waals surface area contributed by atoms with Crippen LogP contribution >= 0.6 is 0 Å². The number of nitrogens with zero attached hydrogens (tertiary/aromatic N) is 2. The first-order valence-electron chi connectivity index (χ1n) is 8.28. The number of carboxylic acid groups (broad SMARTS) is 1. The fourth-order valence-corrected chi connectivity index (χ4v) is 3.05. The molecule has 1 amide bonds. The average molecular weight is 317 g/mol. The molecular weight excluding hydrogens is 294 g/mol. The number of aryl methyl sites for hydroxylation is 1. The van der Waals surface area contributed by atoms with Gasteiger partial charge in [0.2, 0.25) is 5.91 Å². The number of pyridine rings is 1. The summed E-state index contributed by atoms with van der Waals surface area (Å²) in [6.07, 6.45) is 4.02. The van der Waals surface area contributed by atoms with Gasteiger partial charge in [0.25, 0.3) is 0 Å². The number of likely N-dealkylation sites (tertiary alicyclic amines) is 1. The fraction of sp³-hybridized carbons (Fsp3) is 0.588. The number of carbonyl (C=O) groups excluding carboxylic acids is 1. The molecule has 0 bridgehead atoms. The number of carboxylic acids is 1. The lowest BCUT2D eigenvalue weighted by atomic mass is 9.96. The molecule has 6 heteroatoms. The van der Waals surface area contributed by atoms with E-state index in [1.54, 1.807) is 12.1 Å². The molecule has 0 spiro atoms. The van der Waals surface area contributed by atoms with Crippen molar-refractivity contribution in [2.75, 3.05) is 25.0 Å². The number of aromatic nitrogens is 1. The van der Waals surface area contributed by atoms with E-state index in [2.05, 4.69) is 10.3 Å². The van der Waals surface area contributed by atoms with E-state index in [9.17, 15) is 14.7 Å². The minimum Gasteiger partial charge on any atom is -0.478 e. The molecule has 1 saturated heterocycles. The van der Waals surface area contributed by atoms with Crippen molar-refractivity contribution in [3.8, 4) is 0 Å². The number of carbonyl (C=O) groups is 2. The predicted octanol–water partition coefficient (Wildman–Crippen LogP) is 2.15. The van der Waals surface area contributed by atoms with Crippen LogP contribution in [0.15, 0.2) is 12.1 Å². The largest absolute Gasteiger partial charge is 0.478 e. The third-order valence-electron chi connectivity index (χ3n) is 4.68. The van der Waals surface area contributed by atoms with E-state index in [1.165, 1.54) is 0 Å². The number of piperidine rings is 1. The first-order valence-corrected chi connectivity index (χ1v) is 8.28. The highest BCUT2D eigenvalue weighted by Gasteiger charge is 2.34. The third kappa shape index (κ3) is 3.81. The summed E-state index contributed by atoms with van der Waals surface area (Å²) in [7, 11) is 0. The summed E-state index contributed by atoms with van der Waals surface area (Å²) in [4.78, 5) is 29.6. The number of hydrogen-bond donors (Lipinski definition) is 2. The van der Waals surface area contributed by atoms with Gasteiger partial charge < -0.3 is 15.3 Å². The second kappa shape index (κ2) is 6.56. The van der Waals surface area contributed by atoms with Crippen LogP contribution in [0.2, 0.25) is 0 Å². The van der Waals surface area contributed by atoms with Gasteiger partial charge in [0.05, 0.1) is 0 Å². The molecule has 0 radical (unpaired) electrons. The smallest absolute Gasteiger partial charge is 0.339 e. The molecule has 124 valence electrons. The van der Waals surface area contributed by atoms with E-state index in [4.69, 9.17) is 0 Å². The Morgan fingerprint density at radius 2 is 1.96 bits per heavy atom. The van der Waals surface area contributed by atoms with Gasteiger partial charge >= 0.3 is 5.97 Å². The predicted molar refractivity (Wildman–Crippen MR) is 86.5 cm³/mol. The topological polar surface area (TPSA) is 82.5 Å². The van der Waals surface area contributed by atoms with Gasteiger partial charge in [0.1, 0.15) is 11.4 Å². The first-order chi connectivity index (χ1) is 11.0. The number of amides is 1. The minimum absolute atomic E-state index is 0.206. The van der Waals surface area contributed by atoms with Crippen molar-refractivity contribution in [1.29, 1.82) is 0 Å². The van der Waals surface area contributed by atoms with Crippen molar-refractivity contribution in [3.05, 3.63) is 23.4 Å². The molecule has 23 heavy (non-hydrogen) atoms.